The summed E-state index contributed by atoms with van der Waals surface area (Å²) >= 11 is 0. The molecule has 0 radical (unpaired) electrons. The van der Waals surface area contributed by atoms with Crippen LogP contribution in [0.5, 0.6) is 0 Å². The molecular weight excluding hydrogens is 354 g/mol. The van der Waals surface area contributed by atoms with Crippen molar-refractivity contribution in [2.24, 2.45) is 0 Å². The van der Waals surface area contributed by atoms with Gasteiger partial charge in [-0.2, -0.15) is 0 Å². The molecule has 0 aliphatic carbocycles. The highest BCUT2D eigenvalue weighted by Gasteiger charge is 2.17. The van der Waals surface area contributed by atoms with Gasteiger partial charge in [0.05, 0.1) is 9.82 Å². The summed E-state index contributed by atoms with van der Waals surface area (Å²) in [5, 5.41) is 19.1. The average molecular weight is 373 g/mol. The van der Waals surface area contributed by atoms with Crippen molar-refractivity contribution < 1.29 is 28.0 Å². The maximum Gasteiger partial charge on any atom is 0.303 e. The van der Waals surface area contributed by atoms with Crippen molar-refractivity contribution in [3.05, 3.63) is 34.4 Å². The van der Waals surface area contributed by atoms with Crippen LogP contribution in [0.1, 0.15) is 19.3 Å². The van der Waals surface area contributed by atoms with Crippen LogP contribution < -0.4 is 4.72 Å². The topological polar surface area (TPSA) is 147 Å². The standard InChI is InChI=1S/C14H19N3O7S/c1-16(10-2-3-14(19)20)13(18)8-9-15-25(23,24)12-6-4-11(5-7-12)17(21)22/h4-7,15H,2-3,8-10H2,1H3,(H,19,20). The smallest absolute Gasteiger partial charge is 0.303 e. The van der Waals surface area contributed by atoms with Gasteiger partial charge in [0.1, 0.15) is 0 Å². The van der Waals surface area contributed by atoms with E-state index in [0.717, 1.165) is 24.3 Å². The molecule has 0 fully saturated rings. The largest absolute Gasteiger partial charge is 0.481 e. The predicted octanol–water partition coefficient (Wildman–Crippen LogP) is 0.586. The number of carboxylic acids is 1. The zero-order chi connectivity index (χ0) is 19.0. The molecule has 0 heterocycles. The molecule has 0 bridgehead atoms. The molecular formula is C14H19N3O7S. The monoisotopic (exact) mass is 373 g/mol. The summed E-state index contributed by atoms with van der Waals surface area (Å²) in [7, 11) is -2.36. The second-order valence-electron chi connectivity index (χ2n) is 5.21. The van der Waals surface area contributed by atoms with Gasteiger partial charge in [0, 0.05) is 45.1 Å². The summed E-state index contributed by atoms with van der Waals surface area (Å²) in [6, 6.07) is 4.38. The lowest BCUT2D eigenvalue weighted by molar-refractivity contribution is -0.384. The lowest BCUT2D eigenvalue weighted by Crippen LogP contribution is -2.32. The number of rotatable bonds is 10. The van der Waals surface area contributed by atoms with E-state index >= 15 is 0 Å². The molecule has 0 aliphatic heterocycles. The highest BCUT2D eigenvalue weighted by molar-refractivity contribution is 7.89. The maximum absolute atomic E-state index is 12.0. The van der Waals surface area contributed by atoms with Gasteiger partial charge in [-0.25, -0.2) is 13.1 Å². The molecule has 0 aromatic heterocycles. The van der Waals surface area contributed by atoms with Crippen LogP contribution in [-0.4, -0.2) is 55.4 Å². The lowest BCUT2D eigenvalue weighted by Gasteiger charge is -2.16. The molecule has 0 atom stereocenters. The van der Waals surface area contributed by atoms with Crippen LogP contribution in [0.3, 0.4) is 0 Å². The normalized spacial score (nSPS) is 11.1. The fourth-order valence-electron chi connectivity index (χ4n) is 1.91. The number of nitro benzene ring substituents is 1. The number of amides is 1. The Morgan fingerprint density at radius 2 is 1.84 bits per heavy atom. The van der Waals surface area contributed by atoms with E-state index in [2.05, 4.69) is 4.72 Å². The maximum atomic E-state index is 12.0. The first-order valence-corrected chi connectivity index (χ1v) is 8.81. The molecule has 2 N–H and O–H groups in total. The second kappa shape index (κ2) is 9.08. The Hall–Kier alpha value is -2.53. The summed E-state index contributed by atoms with van der Waals surface area (Å²) in [5.41, 5.74) is -0.225. The molecule has 0 spiro atoms. The Bertz CT molecular complexity index is 731. The van der Waals surface area contributed by atoms with Crippen LogP contribution >= 0.6 is 0 Å². The molecule has 10 nitrogen and oxygen atoms in total. The number of non-ortho nitro benzene ring substituents is 1. The molecule has 0 saturated heterocycles. The van der Waals surface area contributed by atoms with Crippen molar-refractivity contribution in [3.63, 3.8) is 0 Å². The van der Waals surface area contributed by atoms with Gasteiger partial charge in [0.2, 0.25) is 15.9 Å². The van der Waals surface area contributed by atoms with E-state index < -0.39 is 20.9 Å². The highest BCUT2D eigenvalue weighted by atomic mass is 32.2. The molecule has 0 aliphatic rings. The summed E-state index contributed by atoms with van der Waals surface area (Å²) in [5.74, 6) is -1.27. The lowest BCUT2D eigenvalue weighted by atomic mass is 10.3. The number of carbonyl (C=O) groups is 2. The summed E-state index contributed by atoms with van der Waals surface area (Å²) in [6.45, 7) is 0.127. The predicted molar refractivity (Wildman–Crippen MR) is 87.4 cm³/mol. The first kappa shape index (κ1) is 20.5. The Balaban J connectivity index is 2.49. The van der Waals surface area contributed by atoms with E-state index in [0.29, 0.717) is 6.42 Å². The van der Waals surface area contributed by atoms with Crippen LogP contribution in [0.2, 0.25) is 0 Å². The van der Waals surface area contributed by atoms with Gasteiger partial charge in [-0.05, 0) is 18.6 Å². The number of benzene rings is 1. The van der Waals surface area contributed by atoms with E-state index in [-0.39, 0.29) is 42.4 Å². The number of hydrogen-bond acceptors (Lipinski definition) is 6. The fraction of sp³-hybridized carbons (Fsp3) is 0.429. The van der Waals surface area contributed by atoms with Crippen molar-refractivity contribution in [2.75, 3.05) is 20.1 Å². The number of nitro groups is 1. The number of hydrogen-bond donors (Lipinski definition) is 2. The van der Waals surface area contributed by atoms with Gasteiger partial charge >= 0.3 is 5.97 Å². The van der Waals surface area contributed by atoms with Gasteiger partial charge in [-0.1, -0.05) is 0 Å². The third-order valence-corrected chi connectivity index (χ3v) is 4.78. The fourth-order valence-corrected chi connectivity index (χ4v) is 2.94. The van der Waals surface area contributed by atoms with Gasteiger partial charge in [0.15, 0.2) is 0 Å². The van der Waals surface area contributed by atoms with E-state index in [1.54, 1.807) is 0 Å². The minimum Gasteiger partial charge on any atom is -0.481 e. The quantitative estimate of drug-likeness (QED) is 0.450. The van der Waals surface area contributed by atoms with Crippen LogP contribution in [0.25, 0.3) is 0 Å². The molecule has 0 unspecified atom stereocenters. The zero-order valence-electron chi connectivity index (χ0n) is 13.5. The van der Waals surface area contributed by atoms with E-state index in [1.807, 2.05) is 0 Å². The molecule has 1 amide bonds. The summed E-state index contributed by atoms with van der Waals surface area (Å²) in [4.78, 5) is 33.4. The Morgan fingerprint density at radius 1 is 1.24 bits per heavy atom. The van der Waals surface area contributed by atoms with Crippen molar-refractivity contribution >= 4 is 27.6 Å². The minimum atomic E-state index is -3.87. The van der Waals surface area contributed by atoms with Crippen molar-refractivity contribution in [2.45, 2.75) is 24.2 Å². The second-order valence-corrected chi connectivity index (χ2v) is 6.98. The number of nitrogens with one attached hydrogen (secondary N) is 1. The Kier molecular flexibility index (Phi) is 7.45. The molecule has 1 aromatic carbocycles. The van der Waals surface area contributed by atoms with E-state index in [9.17, 15) is 28.1 Å². The van der Waals surface area contributed by atoms with E-state index in [1.165, 1.54) is 11.9 Å². The molecule has 1 rings (SSSR count). The van der Waals surface area contributed by atoms with Crippen LogP contribution in [0.4, 0.5) is 5.69 Å². The third-order valence-electron chi connectivity index (χ3n) is 3.30. The van der Waals surface area contributed by atoms with Gasteiger partial charge in [-0.15, -0.1) is 0 Å². The number of nitrogens with zero attached hydrogens (tertiary/aromatic N) is 2. The van der Waals surface area contributed by atoms with Crippen molar-refractivity contribution in [1.82, 2.24) is 9.62 Å². The number of aliphatic carboxylic acids is 1. The minimum absolute atomic E-state index is 0.0512. The molecule has 11 heteroatoms. The molecule has 1 aromatic rings. The zero-order valence-corrected chi connectivity index (χ0v) is 14.4. The van der Waals surface area contributed by atoms with Crippen LogP contribution in [-0.2, 0) is 19.6 Å². The Morgan fingerprint density at radius 3 is 2.36 bits per heavy atom. The molecule has 138 valence electrons. The van der Waals surface area contributed by atoms with Gasteiger partial charge < -0.3 is 10.0 Å². The molecule has 25 heavy (non-hydrogen) atoms. The van der Waals surface area contributed by atoms with Crippen molar-refractivity contribution in [1.29, 1.82) is 0 Å². The Labute approximate surface area is 144 Å². The third kappa shape index (κ3) is 6.85. The SMILES string of the molecule is CN(CCCC(=O)O)C(=O)CCNS(=O)(=O)c1ccc([N+](=O)[O-])cc1. The van der Waals surface area contributed by atoms with E-state index in [4.69, 9.17) is 5.11 Å². The molecule has 0 saturated carbocycles. The first-order valence-electron chi connectivity index (χ1n) is 7.33. The number of carbonyl (C=O) groups excluding carboxylic acids is 1. The highest BCUT2D eigenvalue weighted by Crippen LogP contribution is 2.15. The number of sulfonamides is 1. The van der Waals surface area contributed by atoms with Crippen LogP contribution in [0.15, 0.2) is 29.2 Å². The van der Waals surface area contributed by atoms with Gasteiger partial charge in [0.25, 0.3) is 5.69 Å². The van der Waals surface area contributed by atoms with Gasteiger partial charge in [-0.3, -0.25) is 19.7 Å². The summed E-state index contributed by atoms with van der Waals surface area (Å²) < 4.78 is 26.3. The first-order chi connectivity index (χ1) is 11.6. The van der Waals surface area contributed by atoms with Crippen LogP contribution in [0, 0.1) is 10.1 Å². The summed E-state index contributed by atoms with van der Waals surface area (Å²) in [6.07, 6.45) is 0.173. The van der Waals surface area contributed by atoms with Crippen molar-refractivity contribution in [3.8, 4) is 0 Å². The average Bonchev–Trinajstić information content (AvgIpc) is 2.54. The number of carboxylic acid groups (broad SMARTS) is 1.